The fourth-order valence-electron chi connectivity index (χ4n) is 1.60. The lowest BCUT2D eigenvalue weighted by Gasteiger charge is -2.15. The van der Waals surface area contributed by atoms with E-state index in [-0.39, 0.29) is 0 Å². The van der Waals surface area contributed by atoms with Crippen LogP contribution in [0.5, 0.6) is 0 Å². The number of fused-ring (bicyclic) bond motifs is 1. The number of nitrogen functional groups attached to an aromatic ring is 1. The molecular weight excluding hydrogens is 162 g/mol. The Kier molecular flexibility index (Phi) is 1.49. The number of nitrogens with zero attached hydrogens (tertiary/aromatic N) is 2. The molecule has 1 aliphatic rings. The SMILES string of the molecule is C=C1N(C)c2ccc(N)cc2N1C. The molecule has 0 radical (unpaired) electrons. The van der Waals surface area contributed by atoms with Gasteiger partial charge in [-0.1, -0.05) is 6.58 Å². The zero-order chi connectivity index (χ0) is 9.59. The molecule has 0 aliphatic carbocycles. The summed E-state index contributed by atoms with van der Waals surface area (Å²) in [7, 11) is 3.99. The van der Waals surface area contributed by atoms with Crippen LogP contribution in [0.4, 0.5) is 17.1 Å². The Balaban J connectivity index is 2.60. The van der Waals surface area contributed by atoms with Crippen LogP contribution in [0.15, 0.2) is 30.6 Å². The maximum atomic E-state index is 5.71. The van der Waals surface area contributed by atoms with Gasteiger partial charge in [0.25, 0.3) is 0 Å². The highest BCUT2D eigenvalue weighted by Gasteiger charge is 2.23. The molecule has 3 nitrogen and oxygen atoms in total. The van der Waals surface area contributed by atoms with E-state index in [9.17, 15) is 0 Å². The first-order valence-corrected chi connectivity index (χ1v) is 4.17. The maximum absolute atomic E-state index is 5.71. The van der Waals surface area contributed by atoms with Gasteiger partial charge in [0, 0.05) is 19.8 Å². The van der Waals surface area contributed by atoms with Crippen molar-refractivity contribution < 1.29 is 0 Å². The van der Waals surface area contributed by atoms with E-state index in [2.05, 4.69) is 11.5 Å². The van der Waals surface area contributed by atoms with Crippen LogP contribution in [0.1, 0.15) is 0 Å². The van der Waals surface area contributed by atoms with Gasteiger partial charge >= 0.3 is 0 Å². The molecule has 2 rings (SSSR count). The van der Waals surface area contributed by atoms with Gasteiger partial charge in [-0.25, -0.2) is 0 Å². The molecule has 0 saturated heterocycles. The molecule has 0 aromatic heterocycles. The summed E-state index contributed by atoms with van der Waals surface area (Å²) in [5.41, 5.74) is 8.77. The summed E-state index contributed by atoms with van der Waals surface area (Å²) in [5, 5.41) is 0. The van der Waals surface area contributed by atoms with E-state index in [0.29, 0.717) is 0 Å². The average Bonchev–Trinajstić information content (AvgIpc) is 2.32. The van der Waals surface area contributed by atoms with Crippen LogP contribution in [-0.2, 0) is 0 Å². The molecule has 0 atom stereocenters. The fourth-order valence-corrected chi connectivity index (χ4v) is 1.60. The minimum Gasteiger partial charge on any atom is -0.399 e. The smallest absolute Gasteiger partial charge is 0.105 e. The fraction of sp³-hybridized carbons (Fsp3) is 0.200. The minimum atomic E-state index is 0.786. The summed E-state index contributed by atoms with van der Waals surface area (Å²) >= 11 is 0. The predicted molar refractivity (Wildman–Crippen MR) is 56.8 cm³/mol. The molecule has 1 aromatic carbocycles. The number of rotatable bonds is 0. The van der Waals surface area contributed by atoms with Crippen molar-refractivity contribution >= 4 is 17.1 Å². The molecule has 13 heavy (non-hydrogen) atoms. The molecular formula is C10H13N3. The number of hydrogen-bond acceptors (Lipinski definition) is 3. The molecule has 0 bridgehead atoms. The minimum absolute atomic E-state index is 0.786. The highest BCUT2D eigenvalue weighted by Crippen LogP contribution is 2.39. The predicted octanol–water partition coefficient (Wildman–Crippen LogP) is 1.63. The van der Waals surface area contributed by atoms with Gasteiger partial charge in [-0.3, -0.25) is 0 Å². The van der Waals surface area contributed by atoms with Gasteiger partial charge in [0.1, 0.15) is 5.82 Å². The van der Waals surface area contributed by atoms with Crippen LogP contribution in [0.2, 0.25) is 0 Å². The summed E-state index contributed by atoms with van der Waals surface area (Å²) in [6, 6.07) is 5.88. The van der Waals surface area contributed by atoms with Gasteiger partial charge in [0.2, 0.25) is 0 Å². The van der Waals surface area contributed by atoms with Crippen LogP contribution in [-0.4, -0.2) is 14.1 Å². The third kappa shape index (κ3) is 0.967. The normalized spacial score (nSPS) is 15.1. The summed E-state index contributed by atoms with van der Waals surface area (Å²) in [6.45, 7) is 3.97. The lowest BCUT2D eigenvalue weighted by Crippen LogP contribution is -2.20. The zero-order valence-electron chi connectivity index (χ0n) is 7.91. The first kappa shape index (κ1) is 7.98. The van der Waals surface area contributed by atoms with Crippen LogP contribution in [0.3, 0.4) is 0 Å². The van der Waals surface area contributed by atoms with Crippen molar-refractivity contribution in [2.75, 3.05) is 29.6 Å². The molecule has 0 saturated carbocycles. The Morgan fingerprint density at radius 3 is 2.46 bits per heavy atom. The lowest BCUT2D eigenvalue weighted by molar-refractivity contribution is 1.06. The Bertz CT molecular complexity index is 370. The van der Waals surface area contributed by atoms with Crippen molar-refractivity contribution in [2.45, 2.75) is 0 Å². The van der Waals surface area contributed by atoms with Gasteiger partial charge in [-0.15, -0.1) is 0 Å². The van der Waals surface area contributed by atoms with E-state index in [1.807, 2.05) is 37.2 Å². The van der Waals surface area contributed by atoms with E-state index in [1.54, 1.807) is 0 Å². The molecule has 68 valence electrons. The van der Waals surface area contributed by atoms with E-state index >= 15 is 0 Å². The third-order valence-electron chi connectivity index (χ3n) is 2.50. The highest BCUT2D eigenvalue weighted by atomic mass is 15.4. The van der Waals surface area contributed by atoms with Crippen molar-refractivity contribution in [3.05, 3.63) is 30.6 Å². The van der Waals surface area contributed by atoms with Crippen molar-refractivity contribution in [3.63, 3.8) is 0 Å². The Morgan fingerprint density at radius 2 is 1.77 bits per heavy atom. The average molecular weight is 175 g/mol. The second kappa shape index (κ2) is 2.42. The molecule has 0 spiro atoms. The lowest BCUT2D eigenvalue weighted by atomic mass is 10.2. The topological polar surface area (TPSA) is 32.5 Å². The van der Waals surface area contributed by atoms with Crippen molar-refractivity contribution in [1.29, 1.82) is 0 Å². The van der Waals surface area contributed by atoms with Crippen LogP contribution in [0.25, 0.3) is 0 Å². The number of benzene rings is 1. The molecule has 0 amide bonds. The molecule has 1 aromatic rings. The number of anilines is 3. The second-order valence-electron chi connectivity index (χ2n) is 3.28. The summed E-state index contributed by atoms with van der Waals surface area (Å²) in [4.78, 5) is 4.08. The van der Waals surface area contributed by atoms with Gasteiger partial charge in [0.05, 0.1) is 11.4 Å². The van der Waals surface area contributed by atoms with Gasteiger partial charge < -0.3 is 15.5 Å². The standard InChI is InChI=1S/C10H13N3/c1-7-12(2)9-5-4-8(11)6-10(9)13(7)3/h4-6H,1,11H2,2-3H3. The van der Waals surface area contributed by atoms with Crippen molar-refractivity contribution in [3.8, 4) is 0 Å². The summed E-state index contributed by atoms with van der Waals surface area (Å²) in [6.07, 6.45) is 0. The van der Waals surface area contributed by atoms with E-state index in [0.717, 1.165) is 22.9 Å². The van der Waals surface area contributed by atoms with Crippen LogP contribution in [0, 0.1) is 0 Å². The Labute approximate surface area is 78.1 Å². The van der Waals surface area contributed by atoms with E-state index in [4.69, 9.17) is 5.73 Å². The summed E-state index contributed by atoms with van der Waals surface area (Å²) < 4.78 is 0. The van der Waals surface area contributed by atoms with E-state index in [1.165, 1.54) is 0 Å². The summed E-state index contributed by atoms with van der Waals surface area (Å²) in [5.74, 6) is 0.973. The first-order valence-electron chi connectivity index (χ1n) is 4.17. The third-order valence-corrected chi connectivity index (χ3v) is 2.50. The maximum Gasteiger partial charge on any atom is 0.105 e. The van der Waals surface area contributed by atoms with Gasteiger partial charge in [-0.05, 0) is 18.2 Å². The Hall–Kier alpha value is -1.64. The molecule has 2 N–H and O–H groups in total. The second-order valence-corrected chi connectivity index (χ2v) is 3.28. The largest absolute Gasteiger partial charge is 0.399 e. The molecule has 0 fully saturated rings. The quantitative estimate of drug-likeness (QED) is 0.608. The molecule has 0 unspecified atom stereocenters. The number of nitrogens with two attached hydrogens (primary N) is 1. The van der Waals surface area contributed by atoms with Gasteiger partial charge in [0.15, 0.2) is 0 Å². The van der Waals surface area contributed by atoms with Crippen LogP contribution < -0.4 is 15.5 Å². The van der Waals surface area contributed by atoms with Crippen molar-refractivity contribution in [2.24, 2.45) is 0 Å². The molecule has 1 aliphatic heterocycles. The highest BCUT2D eigenvalue weighted by molar-refractivity contribution is 5.83. The first-order chi connectivity index (χ1) is 6.11. The zero-order valence-corrected chi connectivity index (χ0v) is 7.91. The van der Waals surface area contributed by atoms with Crippen molar-refractivity contribution in [1.82, 2.24) is 0 Å². The van der Waals surface area contributed by atoms with E-state index < -0.39 is 0 Å². The van der Waals surface area contributed by atoms with Gasteiger partial charge in [-0.2, -0.15) is 0 Å². The molecule has 1 heterocycles. The molecule has 3 heteroatoms. The Morgan fingerprint density at radius 1 is 1.15 bits per heavy atom. The van der Waals surface area contributed by atoms with Crippen LogP contribution >= 0.6 is 0 Å². The monoisotopic (exact) mass is 175 g/mol. The number of hydrogen-bond donors (Lipinski definition) is 1.